The van der Waals surface area contributed by atoms with Gasteiger partial charge < -0.3 is 19.7 Å². The Labute approximate surface area is 187 Å². The molecule has 0 spiro atoms. The summed E-state index contributed by atoms with van der Waals surface area (Å²) in [6.07, 6.45) is 1.60. The number of carbonyl (C=O) groups excluding carboxylic acids is 1. The van der Waals surface area contributed by atoms with Crippen molar-refractivity contribution in [2.75, 3.05) is 19.4 Å². The molecule has 2 aromatic rings. The SMILES string of the molecule is Cc1coc([C@H](N=C2NS(=O)(=O)N=C2Nc2cccc(C(=O)N(C)C)c2O)C(C)(C)C)c1. The summed E-state index contributed by atoms with van der Waals surface area (Å²) >= 11 is 0. The van der Waals surface area contributed by atoms with E-state index in [1.165, 1.54) is 17.0 Å². The molecule has 0 saturated carbocycles. The van der Waals surface area contributed by atoms with E-state index in [9.17, 15) is 18.3 Å². The number of aromatic hydroxyl groups is 1. The standard InChI is InChI=1S/C21H27N5O5S/c1-12-10-15(31-11-12)17(21(2,3)4)23-19-18(24-32(29,30)25-19)22-14-9-7-8-13(16(14)27)20(28)26(5)6/h7-11,17,27H,1-6H3,(H,22,24)(H,23,25)/t17-/m0/s1. The maximum absolute atomic E-state index is 12.3. The van der Waals surface area contributed by atoms with Gasteiger partial charge in [-0.3, -0.25) is 9.79 Å². The Morgan fingerprint density at radius 1 is 1.31 bits per heavy atom. The van der Waals surface area contributed by atoms with Crippen molar-refractivity contribution in [3.63, 3.8) is 0 Å². The number of rotatable bonds is 4. The van der Waals surface area contributed by atoms with Crippen molar-refractivity contribution in [2.45, 2.75) is 33.7 Å². The minimum absolute atomic E-state index is 0.0253. The smallest absolute Gasteiger partial charge is 0.345 e. The number of aryl methyl sites for hydroxylation is 1. The number of furan rings is 1. The lowest BCUT2D eigenvalue weighted by Gasteiger charge is -2.26. The zero-order valence-electron chi connectivity index (χ0n) is 18.8. The minimum Gasteiger partial charge on any atom is -0.505 e. The highest BCUT2D eigenvalue weighted by Gasteiger charge is 2.34. The van der Waals surface area contributed by atoms with Gasteiger partial charge in [0.25, 0.3) is 5.91 Å². The molecule has 0 bridgehead atoms. The highest BCUT2D eigenvalue weighted by molar-refractivity contribution is 7.89. The number of hydrogen-bond donors (Lipinski definition) is 3. The van der Waals surface area contributed by atoms with Gasteiger partial charge in [0.2, 0.25) is 0 Å². The first-order valence-corrected chi connectivity index (χ1v) is 11.3. The lowest BCUT2D eigenvalue weighted by atomic mass is 9.85. The van der Waals surface area contributed by atoms with E-state index < -0.39 is 27.6 Å². The molecule has 1 atom stereocenters. The summed E-state index contributed by atoms with van der Waals surface area (Å²) in [5.41, 5.74) is 0.688. The first-order chi connectivity index (χ1) is 14.8. The van der Waals surface area contributed by atoms with Crippen LogP contribution >= 0.6 is 0 Å². The van der Waals surface area contributed by atoms with Crippen molar-refractivity contribution in [3.05, 3.63) is 47.4 Å². The van der Waals surface area contributed by atoms with Gasteiger partial charge in [-0.05, 0) is 36.1 Å². The molecule has 1 aromatic carbocycles. The molecule has 2 heterocycles. The average Bonchev–Trinajstić information content (AvgIpc) is 3.21. The van der Waals surface area contributed by atoms with Crippen LogP contribution in [0.25, 0.3) is 0 Å². The quantitative estimate of drug-likeness (QED) is 0.599. The third-order valence-corrected chi connectivity index (χ3v) is 5.56. The van der Waals surface area contributed by atoms with Gasteiger partial charge in [-0.1, -0.05) is 26.8 Å². The summed E-state index contributed by atoms with van der Waals surface area (Å²) in [5.74, 6) is -0.281. The summed E-state index contributed by atoms with van der Waals surface area (Å²) in [6.45, 7) is 7.75. The maximum atomic E-state index is 12.3. The van der Waals surface area contributed by atoms with Crippen LogP contribution in [-0.2, 0) is 10.2 Å². The van der Waals surface area contributed by atoms with E-state index in [4.69, 9.17) is 4.42 Å². The molecule has 1 amide bonds. The van der Waals surface area contributed by atoms with Crippen LogP contribution in [0.4, 0.5) is 5.69 Å². The van der Waals surface area contributed by atoms with E-state index in [0.717, 1.165) is 5.56 Å². The van der Waals surface area contributed by atoms with Crippen LogP contribution in [0.1, 0.15) is 48.5 Å². The summed E-state index contributed by atoms with van der Waals surface area (Å²) in [7, 11) is -0.903. The van der Waals surface area contributed by atoms with Gasteiger partial charge in [0.1, 0.15) is 11.8 Å². The molecular formula is C21H27N5O5S. The minimum atomic E-state index is -4.03. The molecule has 11 heteroatoms. The van der Waals surface area contributed by atoms with Gasteiger partial charge in [0.05, 0.1) is 17.5 Å². The highest BCUT2D eigenvalue weighted by atomic mass is 32.2. The van der Waals surface area contributed by atoms with E-state index >= 15 is 0 Å². The van der Waals surface area contributed by atoms with Crippen LogP contribution in [0.3, 0.4) is 0 Å². The number of aliphatic imine (C=N–C) groups is 1. The van der Waals surface area contributed by atoms with Crippen LogP contribution in [0.15, 0.2) is 44.3 Å². The number of hydrogen-bond acceptors (Lipinski definition) is 7. The second kappa shape index (κ2) is 8.30. The largest absolute Gasteiger partial charge is 0.505 e. The molecule has 0 radical (unpaired) electrons. The van der Waals surface area contributed by atoms with E-state index in [-0.39, 0.29) is 28.7 Å². The van der Waals surface area contributed by atoms with Gasteiger partial charge in [0.15, 0.2) is 17.4 Å². The lowest BCUT2D eigenvalue weighted by Crippen LogP contribution is -2.32. The summed E-state index contributed by atoms with van der Waals surface area (Å²) in [4.78, 5) is 18.2. The van der Waals surface area contributed by atoms with Crippen molar-refractivity contribution < 1.29 is 22.7 Å². The number of amidine groups is 2. The van der Waals surface area contributed by atoms with Crippen LogP contribution in [-0.4, -0.2) is 50.1 Å². The fourth-order valence-electron chi connectivity index (χ4n) is 3.12. The summed E-state index contributed by atoms with van der Waals surface area (Å²) in [6, 6.07) is 5.86. The number of phenolic OH excluding ortho intramolecular Hbond substituents is 1. The van der Waals surface area contributed by atoms with E-state index in [1.54, 1.807) is 26.4 Å². The Balaban J connectivity index is 2.02. The van der Waals surface area contributed by atoms with Crippen molar-refractivity contribution in [1.82, 2.24) is 9.62 Å². The topological polar surface area (TPSA) is 137 Å². The van der Waals surface area contributed by atoms with Gasteiger partial charge in [-0.2, -0.15) is 8.42 Å². The molecule has 0 aliphatic carbocycles. The van der Waals surface area contributed by atoms with Crippen molar-refractivity contribution in [2.24, 2.45) is 14.8 Å². The highest BCUT2D eigenvalue weighted by Crippen LogP contribution is 2.37. The van der Waals surface area contributed by atoms with E-state index in [0.29, 0.717) is 5.76 Å². The van der Waals surface area contributed by atoms with Crippen LogP contribution in [0.5, 0.6) is 5.75 Å². The second-order valence-corrected chi connectivity index (χ2v) is 10.2. The molecule has 0 unspecified atom stereocenters. The van der Waals surface area contributed by atoms with E-state index in [2.05, 4.69) is 19.4 Å². The Hall–Kier alpha value is -3.34. The number of amides is 1. The first-order valence-electron chi connectivity index (χ1n) is 9.85. The lowest BCUT2D eigenvalue weighted by molar-refractivity contribution is 0.0824. The molecular weight excluding hydrogens is 434 g/mol. The molecule has 0 saturated heterocycles. The van der Waals surface area contributed by atoms with Crippen molar-refractivity contribution in [1.29, 1.82) is 0 Å². The molecule has 3 N–H and O–H groups in total. The fraction of sp³-hybridized carbons (Fsp3) is 0.381. The monoisotopic (exact) mass is 461 g/mol. The van der Waals surface area contributed by atoms with Crippen LogP contribution in [0.2, 0.25) is 0 Å². The van der Waals surface area contributed by atoms with Gasteiger partial charge in [0, 0.05) is 14.1 Å². The van der Waals surface area contributed by atoms with Crippen LogP contribution in [0, 0.1) is 12.3 Å². The third kappa shape index (κ3) is 4.93. The zero-order chi connectivity index (χ0) is 23.8. The Morgan fingerprint density at radius 2 is 2.00 bits per heavy atom. The molecule has 172 valence electrons. The number of nitrogens with zero attached hydrogens (tertiary/aromatic N) is 3. The third-order valence-electron chi connectivity index (χ3n) is 4.69. The first kappa shape index (κ1) is 23.3. The molecule has 1 aliphatic heterocycles. The van der Waals surface area contributed by atoms with Crippen LogP contribution < -0.4 is 10.0 Å². The average molecular weight is 462 g/mol. The van der Waals surface area contributed by atoms with Crippen molar-refractivity contribution >= 4 is 33.5 Å². The Kier molecular flexibility index (Phi) is 6.05. The van der Waals surface area contributed by atoms with E-state index in [1.807, 2.05) is 33.8 Å². The molecule has 0 fully saturated rings. The summed E-state index contributed by atoms with van der Waals surface area (Å²) < 4.78 is 36.0. The number of phenols is 1. The van der Waals surface area contributed by atoms with Crippen molar-refractivity contribution in [3.8, 4) is 5.75 Å². The number of carbonyl (C=O) groups is 1. The fourth-order valence-corrected chi connectivity index (χ4v) is 3.93. The molecule has 32 heavy (non-hydrogen) atoms. The Bertz CT molecular complexity index is 1210. The number of benzene rings is 1. The van der Waals surface area contributed by atoms with Gasteiger partial charge in [-0.25, -0.2) is 4.72 Å². The predicted octanol–water partition coefficient (Wildman–Crippen LogP) is 2.84. The zero-order valence-corrected chi connectivity index (χ0v) is 19.6. The molecule has 3 rings (SSSR count). The van der Waals surface area contributed by atoms with Gasteiger partial charge in [-0.15, -0.1) is 4.40 Å². The summed E-state index contributed by atoms with van der Waals surface area (Å²) in [5, 5.41) is 13.4. The maximum Gasteiger partial charge on any atom is 0.345 e. The Morgan fingerprint density at radius 3 is 2.56 bits per heavy atom. The molecule has 1 aliphatic rings. The normalized spacial score (nSPS) is 17.6. The number of para-hydroxylation sites is 1. The predicted molar refractivity (Wildman–Crippen MR) is 122 cm³/mol. The number of nitrogens with one attached hydrogen (secondary N) is 2. The second-order valence-electron chi connectivity index (χ2n) is 8.82. The number of anilines is 1. The molecule has 1 aromatic heterocycles. The molecule has 10 nitrogen and oxygen atoms in total. The van der Waals surface area contributed by atoms with Gasteiger partial charge >= 0.3 is 10.2 Å².